The van der Waals surface area contributed by atoms with Crippen molar-refractivity contribution in [1.29, 1.82) is 0 Å². The number of ketones is 1. The van der Waals surface area contributed by atoms with E-state index in [1.54, 1.807) is 30.5 Å². The van der Waals surface area contributed by atoms with Gasteiger partial charge in [-0.15, -0.1) is 0 Å². The number of benzene rings is 1. The van der Waals surface area contributed by atoms with Crippen LogP contribution in [0.25, 0.3) is 0 Å². The quantitative estimate of drug-likeness (QED) is 0.677. The van der Waals surface area contributed by atoms with Crippen molar-refractivity contribution in [2.24, 2.45) is 0 Å². The van der Waals surface area contributed by atoms with Crippen LogP contribution in [0, 0.1) is 0 Å². The van der Waals surface area contributed by atoms with Crippen LogP contribution < -0.4 is 10.5 Å². The van der Waals surface area contributed by atoms with Gasteiger partial charge in [0.15, 0.2) is 5.78 Å². The van der Waals surface area contributed by atoms with Crippen LogP contribution in [0.1, 0.15) is 29.3 Å². The van der Waals surface area contributed by atoms with Gasteiger partial charge < -0.3 is 10.5 Å². The number of aromatic nitrogens is 1. The van der Waals surface area contributed by atoms with E-state index in [2.05, 4.69) is 4.98 Å². The highest BCUT2D eigenvalue weighted by Gasteiger charge is 2.12. The molecule has 0 aliphatic rings. The number of nitrogen functional groups attached to an aromatic ring is 1. The standard InChI is InChI=1S/C15H15ClN2O2/c1-2-5-20-12-6-11(8-18-9-12)15(19)10-3-4-13(16)14(17)7-10/h3-4,6-9H,2,5,17H2,1H3. The summed E-state index contributed by atoms with van der Waals surface area (Å²) < 4.78 is 5.46. The van der Waals surface area contributed by atoms with E-state index in [4.69, 9.17) is 22.1 Å². The van der Waals surface area contributed by atoms with Crippen LogP contribution in [0.3, 0.4) is 0 Å². The molecule has 0 amide bonds. The van der Waals surface area contributed by atoms with Gasteiger partial charge in [-0.1, -0.05) is 18.5 Å². The number of hydrogen-bond acceptors (Lipinski definition) is 4. The van der Waals surface area contributed by atoms with E-state index in [-0.39, 0.29) is 5.78 Å². The molecule has 2 rings (SSSR count). The van der Waals surface area contributed by atoms with Gasteiger partial charge in [-0.25, -0.2) is 0 Å². The molecule has 0 radical (unpaired) electrons. The fourth-order valence-corrected chi connectivity index (χ4v) is 1.81. The molecule has 0 bridgehead atoms. The summed E-state index contributed by atoms with van der Waals surface area (Å²) >= 11 is 5.85. The molecule has 1 heterocycles. The number of nitrogens with two attached hydrogens (primary N) is 1. The number of carbonyl (C=O) groups is 1. The average molecular weight is 291 g/mol. The molecule has 104 valence electrons. The highest BCUT2D eigenvalue weighted by molar-refractivity contribution is 6.33. The molecule has 0 atom stereocenters. The van der Waals surface area contributed by atoms with Crippen molar-refractivity contribution in [3.05, 3.63) is 52.8 Å². The normalized spacial score (nSPS) is 10.3. The van der Waals surface area contributed by atoms with Gasteiger partial charge in [-0.05, 0) is 30.7 Å². The van der Waals surface area contributed by atoms with Crippen LogP contribution in [0.4, 0.5) is 5.69 Å². The van der Waals surface area contributed by atoms with Crippen molar-refractivity contribution in [2.45, 2.75) is 13.3 Å². The van der Waals surface area contributed by atoms with Gasteiger partial charge in [0.05, 0.1) is 23.5 Å². The molecule has 0 saturated carbocycles. The lowest BCUT2D eigenvalue weighted by Crippen LogP contribution is -2.04. The second-order valence-electron chi connectivity index (χ2n) is 4.32. The SMILES string of the molecule is CCCOc1cncc(C(=O)c2ccc(Cl)c(N)c2)c1. The number of nitrogens with zero attached hydrogens (tertiary/aromatic N) is 1. The fraction of sp³-hybridized carbons (Fsp3) is 0.200. The zero-order valence-corrected chi connectivity index (χ0v) is 11.9. The first-order valence-electron chi connectivity index (χ1n) is 6.29. The van der Waals surface area contributed by atoms with Crippen LogP contribution in [-0.4, -0.2) is 17.4 Å². The third-order valence-electron chi connectivity index (χ3n) is 2.71. The summed E-state index contributed by atoms with van der Waals surface area (Å²) in [5.74, 6) is 0.419. The molecule has 5 heteroatoms. The van der Waals surface area contributed by atoms with E-state index in [0.29, 0.717) is 34.2 Å². The van der Waals surface area contributed by atoms with Gasteiger partial charge >= 0.3 is 0 Å². The molecule has 0 aliphatic heterocycles. The third-order valence-corrected chi connectivity index (χ3v) is 3.05. The molecule has 2 aromatic rings. The molecule has 1 aromatic heterocycles. The molecule has 2 N–H and O–H groups in total. The first kappa shape index (κ1) is 14.3. The summed E-state index contributed by atoms with van der Waals surface area (Å²) in [7, 11) is 0. The van der Waals surface area contributed by atoms with Crippen molar-refractivity contribution < 1.29 is 9.53 Å². The van der Waals surface area contributed by atoms with E-state index >= 15 is 0 Å². The second kappa shape index (κ2) is 6.39. The molecule has 20 heavy (non-hydrogen) atoms. The Bertz CT molecular complexity index is 629. The second-order valence-corrected chi connectivity index (χ2v) is 4.73. The zero-order valence-electron chi connectivity index (χ0n) is 11.1. The third kappa shape index (κ3) is 3.27. The number of rotatable bonds is 5. The summed E-state index contributed by atoms with van der Waals surface area (Å²) in [6, 6.07) is 6.48. The first-order valence-corrected chi connectivity index (χ1v) is 6.67. The molecule has 1 aromatic carbocycles. The van der Waals surface area contributed by atoms with Crippen LogP contribution >= 0.6 is 11.6 Å². The van der Waals surface area contributed by atoms with Crippen LogP contribution in [0.2, 0.25) is 5.02 Å². The number of carbonyl (C=O) groups excluding carboxylic acids is 1. The highest BCUT2D eigenvalue weighted by atomic mass is 35.5. The van der Waals surface area contributed by atoms with Crippen LogP contribution in [0.15, 0.2) is 36.7 Å². The summed E-state index contributed by atoms with van der Waals surface area (Å²) in [5, 5.41) is 0.430. The minimum atomic E-state index is -0.164. The highest BCUT2D eigenvalue weighted by Crippen LogP contribution is 2.22. The Morgan fingerprint density at radius 2 is 2.10 bits per heavy atom. The molecular formula is C15H15ClN2O2. The lowest BCUT2D eigenvalue weighted by Gasteiger charge is -2.07. The maximum atomic E-state index is 12.3. The summed E-state index contributed by atoms with van der Waals surface area (Å²) in [6.07, 6.45) is 3.99. The Balaban J connectivity index is 2.26. The van der Waals surface area contributed by atoms with E-state index in [1.807, 2.05) is 6.92 Å². The Hall–Kier alpha value is -2.07. The lowest BCUT2D eigenvalue weighted by atomic mass is 10.0. The van der Waals surface area contributed by atoms with Crippen molar-refractivity contribution in [3.63, 3.8) is 0 Å². The van der Waals surface area contributed by atoms with Gasteiger partial charge in [0.1, 0.15) is 5.75 Å². The van der Waals surface area contributed by atoms with E-state index in [0.717, 1.165) is 6.42 Å². The first-order chi connectivity index (χ1) is 9.61. The molecule has 0 spiro atoms. The van der Waals surface area contributed by atoms with Crippen molar-refractivity contribution in [2.75, 3.05) is 12.3 Å². The topological polar surface area (TPSA) is 65.2 Å². The minimum absolute atomic E-state index is 0.164. The van der Waals surface area contributed by atoms with E-state index < -0.39 is 0 Å². The van der Waals surface area contributed by atoms with Gasteiger partial charge in [0.25, 0.3) is 0 Å². The summed E-state index contributed by atoms with van der Waals surface area (Å²) in [4.78, 5) is 16.4. The van der Waals surface area contributed by atoms with Crippen molar-refractivity contribution in [3.8, 4) is 5.75 Å². The largest absolute Gasteiger partial charge is 0.492 e. The molecule has 0 unspecified atom stereocenters. The van der Waals surface area contributed by atoms with Gasteiger partial charge in [0, 0.05) is 17.3 Å². The van der Waals surface area contributed by atoms with Gasteiger partial charge in [-0.2, -0.15) is 0 Å². The van der Waals surface area contributed by atoms with Gasteiger partial charge in [-0.3, -0.25) is 9.78 Å². The van der Waals surface area contributed by atoms with Crippen LogP contribution in [-0.2, 0) is 0 Å². The molecule has 0 saturated heterocycles. The average Bonchev–Trinajstić information content (AvgIpc) is 2.47. The van der Waals surface area contributed by atoms with E-state index in [1.165, 1.54) is 6.20 Å². The van der Waals surface area contributed by atoms with Crippen molar-refractivity contribution >= 4 is 23.1 Å². The Morgan fingerprint density at radius 3 is 2.80 bits per heavy atom. The predicted molar refractivity (Wildman–Crippen MR) is 79.3 cm³/mol. The Kier molecular flexibility index (Phi) is 4.58. The maximum absolute atomic E-state index is 12.3. The Morgan fingerprint density at radius 1 is 1.30 bits per heavy atom. The van der Waals surface area contributed by atoms with E-state index in [9.17, 15) is 4.79 Å². The van der Waals surface area contributed by atoms with Crippen LogP contribution in [0.5, 0.6) is 5.75 Å². The fourth-order valence-electron chi connectivity index (χ4n) is 1.69. The zero-order chi connectivity index (χ0) is 14.5. The predicted octanol–water partition coefficient (Wildman–Crippen LogP) is 3.34. The lowest BCUT2D eigenvalue weighted by molar-refractivity contribution is 0.103. The molecular weight excluding hydrogens is 276 g/mol. The Labute approximate surface area is 122 Å². The summed E-state index contributed by atoms with van der Waals surface area (Å²) in [6.45, 7) is 2.60. The number of hydrogen-bond donors (Lipinski definition) is 1. The molecule has 0 fully saturated rings. The number of ether oxygens (including phenoxy) is 1. The number of halogens is 1. The van der Waals surface area contributed by atoms with Gasteiger partial charge in [0.2, 0.25) is 0 Å². The molecule has 4 nitrogen and oxygen atoms in total. The maximum Gasteiger partial charge on any atom is 0.194 e. The number of pyridine rings is 1. The number of anilines is 1. The monoisotopic (exact) mass is 290 g/mol. The smallest absolute Gasteiger partial charge is 0.194 e. The minimum Gasteiger partial charge on any atom is -0.492 e. The van der Waals surface area contributed by atoms with Crippen molar-refractivity contribution in [1.82, 2.24) is 4.98 Å². The summed E-state index contributed by atoms with van der Waals surface area (Å²) in [5.41, 5.74) is 7.02. The molecule has 0 aliphatic carbocycles.